The van der Waals surface area contributed by atoms with Crippen molar-refractivity contribution in [3.8, 4) is 0 Å². The van der Waals surface area contributed by atoms with Crippen molar-refractivity contribution in [2.24, 2.45) is 5.92 Å². The Kier molecular flexibility index (Phi) is 4.03. The summed E-state index contributed by atoms with van der Waals surface area (Å²) >= 11 is 0. The molecule has 2 amide bonds. The van der Waals surface area contributed by atoms with E-state index < -0.39 is 30.7 Å². The molecule has 1 aromatic rings. The maximum Gasteiger partial charge on any atom is 0.419 e. The maximum atomic E-state index is 12.8. The molecular weight excluding hydrogens is 325 g/mol. The number of carbonyl (C=O) groups is 2. The molecular formula is C16H17F3N2O3. The van der Waals surface area contributed by atoms with E-state index in [-0.39, 0.29) is 23.9 Å². The van der Waals surface area contributed by atoms with Crippen LogP contribution in [0.15, 0.2) is 24.3 Å². The largest absolute Gasteiger partial charge is 0.419 e. The highest BCUT2D eigenvalue weighted by Gasteiger charge is 2.57. The zero-order valence-electron chi connectivity index (χ0n) is 12.8. The lowest BCUT2D eigenvalue weighted by atomic mass is 10.0. The second kappa shape index (κ2) is 5.77. The number of halogens is 3. The highest BCUT2D eigenvalue weighted by Crippen LogP contribution is 2.38. The fourth-order valence-electron chi connectivity index (χ4n) is 2.70. The van der Waals surface area contributed by atoms with Gasteiger partial charge in [0.25, 0.3) is 5.91 Å². The third-order valence-electron chi connectivity index (χ3n) is 4.39. The number of amides is 2. The number of hydrogen-bond acceptors (Lipinski definition) is 3. The van der Waals surface area contributed by atoms with Crippen LogP contribution in [0.25, 0.3) is 0 Å². The number of rotatable bonds is 3. The summed E-state index contributed by atoms with van der Waals surface area (Å²) in [5.74, 6) is -0.713. The lowest BCUT2D eigenvalue weighted by Gasteiger charge is -2.26. The van der Waals surface area contributed by atoms with Gasteiger partial charge in [-0.3, -0.25) is 9.59 Å². The maximum absolute atomic E-state index is 12.8. The first-order valence-corrected chi connectivity index (χ1v) is 7.69. The van der Waals surface area contributed by atoms with Gasteiger partial charge in [-0.2, -0.15) is 13.2 Å². The molecule has 1 aliphatic carbocycles. The molecule has 2 aliphatic rings. The summed E-state index contributed by atoms with van der Waals surface area (Å²) in [6.07, 6.45) is -3.63. The quantitative estimate of drug-likeness (QED) is 0.885. The fourth-order valence-corrected chi connectivity index (χ4v) is 2.70. The first-order chi connectivity index (χ1) is 11.2. The standard InChI is InChI=1S/C16H17F3N2O3/c17-16(18,19)15(24)6-7-21(9-15)14(23)11-2-1-3-12(8-11)20-13(22)10-4-5-10/h1-3,8,10,24H,4-7,9H2,(H,20,22)/t15-/m0/s1. The topological polar surface area (TPSA) is 69.6 Å². The summed E-state index contributed by atoms with van der Waals surface area (Å²) in [5.41, 5.74) is -2.25. The molecule has 1 atom stereocenters. The molecule has 0 unspecified atom stereocenters. The van der Waals surface area contributed by atoms with Gasteiger partial charge in [0, 0.05) is 30.1 Å². The Morgan fingerprint density at radius 2 is 2.00 bits per heavy atom. The molecule has 0 aromatic heterocycles. The highest BCUT2D eigenvalue weighted by atomic mass is 19.4. The predicted octanol–water partition coefficient (Wildman–Crippen LogP) is 2.17. The Bertz CT molecular complexity index is 673. The molecule has 0 bridgehead atoms. The molecule has 2 fully saturated rings. The van der Waals surface area contributed by atoms with Gasteiger partial charge >= 0.3 is 6.18 Å². The van der Waals surface area contributed by atoms with Gasteiger partial charge in [-0.05, 0) is 31.0 Å². The number of hydrogen-bond donors (Lipinski definition) is 2. The van der Waals surface area contributed by atoms with E-state index >= 15 is 0 Å². The van der Waals surface area contributed by atoms with Gasteiger partial charge in [0.15, 0.2) is 5.60 Å². The van der Waals surface area contributed by atoms with E-state index in [1.807, 2.05) is 0 Å². The molecule has 1 saturated heterocycles. The van der Waals surface area contributed by atoms with Gasteiger partial charge < -0.3 is 15.3 Å². The third kappa shape index (κ3) is 3.24. The van der Waals surface area contributed by atoms with Crippen LogP contribution >= 0.6 is 0 Å². The van der Waals surface area contributed by atoms with Crippen LogP contribution in [0.4, 0.5) is 18.9 Å². The number of likely N-dealkylation sites (tertiary alicyclic amines) is 1. The molecule has 3 rings (SSSR count). The number of benzene rings is 1. The van der Waals surface area contributed by atoms with E-state index in [4.69, 9.17) is 0 Å². The van der Waals surface area contributed by atoms with Gasteiger partial charge in [0.2, 0.25) is 5.91 Å². The molecule has 1 aromatic carbocycles. The zero-order valence-corrected chi connectivity index (χ0v) is 12.8. The van der Waals surface area contributed by atoms with Crippen molar-refractivity contribution in [1.82, 2.24) is 4.90 Å². The minimum atomic E-state index is -4.78. The minimum absolute atomic E-state index is 0.00438. The van der Waals surface area contributed by atoms with E-state index in [1.165, 1.54) is 12.1 Å². The Hall–Kier alpha value is -2.09. The number of nitrogens with zero attached hydrogens (tertiary/aromatic N) is 1. The van der Waals surface area contributed by atoms with Crippen LogP contribution in [0.5, 0.6) is 0 Å². The van der Waals surface area contributed by atoms with Crippen molar-refractivity contribution in [2.75, 3.05) is 18.4 Å². The van der Waals surface area contributed by atoms with Crippen LogP contribution in [0.2, 0.25) is 0 Å². The van der Waals surface area contributed by atoms with E-state index in [0.717, 1.165) is 17.7 Å². The summed E-state index contributed by atoms with van der Waals surface area (Å²) in [6.45, 7) is -0.957. The van der Waals surface area contributed by atoms with E-state index in [2.05, 4.69) is 5.32 Å². The number of carbonyl (C=O) groups excluding carboxylic acids is 2. The SMILES string of the molecule is O=C(Nc1cccc(C(=O)N2CC[C@@](O)(C(F)(F)F)C2)c1)C1CC1. The molecule has 0 radical (unpaired) electrons. The van der Waals surface area contributed by atoms with Crippen LogP contribution < -0.4 is 5.32 Å². The summed E-state index contributed by atoms with van der Waals surface area (Å²) in [7, 11) is 0. The Morgan fingerprint density at radius 3 is 2.58 bits per heavy atom. The van der Waals surface area contributed by atoms with Crippen molar-refractivity contribution < 1.29 is 27.9 Å². The molecule has 1 aliphatic heterocycles. The normalized spacial score (nSPS) is 24.1. The fraction of sp³-hybridized carbons (Fsp3) is 0.500. The lowest BCUT2D eigenvalue weighted by Crippen LogP contribution is -2.48. The van der Waals surface area contributed by atoms with Crippen LogP contribution in [-0.4, -0.2) is 46.7 Å². The molecule has 1 heterocycles. The molecule has 0 spiro atoms. The smallest absolute Gasteiger partial charge is 0.379 e. The Labute approximate surface area is 136 Å². The second-order valence-corrected chi connectivity index (χ2v) is 6.35. The third-order valence-corrected chi connectivity index (χ3v) is 4.39. The summed E-state index contributed by atoms with van der Waals surface area (Å²) < 4.78 is 38.5. The number of alkyl halides is 3. The number of β-amino-alcohol motifs (C(OH)–C–C–N with tert-alkyl or cyclic N) is 1. The van der Waals surface area contributed by atoms with Crippen molar-refractivity contribution >= 4 is 17.5 Å². The van der Waals surface area contributed by atoms with Gasteiger partial charge in [0.1, 0.15) is 0 Å². The summed E-state index contributed by atoms with van der Waals surface area (Å²) in [5, 5.41) is 12.4. The minimum Gasteiger partial charge on any atom is -0.379 e. The predicted molar refractivity (Wildman–Crippen MR) is 79.3 cm³/mol. The van der Waals surface area contributed by atoms with Crippen LogP contribution in [-0.2, 0) is 4.79 Å². The van der Waals surface area contributed by atoms with E-state index in [1.54, 1.807) is 12.1 Å². The van der Waals surface area contributed by atoms with Crippen LogP contribution in [0, 0.1) is 5.92 Å². The first-order valence-electron chi connectivity index (χ1n) is 7.69. The lowest BCUT2D eigenvalue weighted by molar-refractivity contribution is -0.253. The summed E-state index contributed by atoms with van der Waals surface area (Å²) in [4.78, 5) is 25.1. The Balaban J connectivity index is 1.70. The van der Waals surface area contributed by atoms with Gasteiger partial charge in [0.05, 0.1) is 6.54 Å². The van der Waals surface area contributed by atoms with Crippen molar-refractivity contribution in [2.45, 2.75) is 31.0 Å². The highest BCUT2D eigenvalue weighted by molar-refractivity contribution is 5.98. The number of aliphatic hydroxyl groups is 1. The number of anilines is 1. The van der Waals surface area contributed by atoms with E-state index in [9.17, 15) is 27.9 Å². The average molecular weight is 342 g/mol. The second-order valence-electron chi connectivity index (χ2n) is 6.35. The molecule has 5 nitrogen and oxygen atoms in total. The van der Waals surface area contributed by atoms with Gasteiger partial charge in [-0.15, -0.1) is 0 Å². The van der Waals surface area contributed by atoms with Crippen LogP contribution in [0.1, 0.15) is 29.6 Å². The molecule has 1 saturated carbocycles. The first kappa shape index (κ1) is 16.8. The average Bonchev–Trinajstić information content (AvgIpc) is 3.28. The molecule has 130 valence electrons. The Morgan fingerprint density at radius 1 is 1.29 bits per heavy atom. The van der Waals surface area contributed by atoms with Crippen molar-refractivity contribution in [3.63, 3.8) is 0 Å². The van der Waals surface area contributed by atoms with Gasteiger partial charge in [-0.1, -0.05) is 6.07 Å². The summed E-state index contributed by atoms with van der Waals surface area (Å²) in [6, 6.07) is 6.09. The monoisotopic (exact) mass is 342 g/mol. The zero-order chi connectivity index (χ0) is 17.5. The molecule has 24 heavy (non-hydrogen) atoms. The van der Waals surface area contributed by atoms with Crippen molar-refractivity contribution in [3.05, 3.63) is 29.8 Å². The molecule has 8 heteroatoms. The number of nitrogens with one attached hydrogen (secondary N) is 1. The molecule has 2 N–H and O–H groups in total. The van der Waals surface area contributed by atoms with Gasteiger partial charge in [-0.25, -0.2) is 0 Å². The van der Waals surface area contributed by atoms with E-state index in [0.29, 0.717) is 5.69 Å². The van der Waals surface area contributed by atoms with Crippen LogP contribution in [0.3, 0.4) is 0 Å². The van der Waals surface area contributed by atoms with Crippen molar-refractivity contribution in [1.29, 1.82) is 0 Å².